The average molecular weight is 647 g/mol. The normalized spacial score (nSPS) is 13.2. The number of esters is 2. The van der Waals surface area contributed by atoms with Crippen molar-refractivity contribution in [2.45, 2.75) is 40.4 Å². The van der Waals surface area contributed by atoms with Crippen molar-refractivity contribution in [3.8, 4) is 0 Å². The SMILES string of the molecule is O=C(OCC(CCC/C=C/C(CS(=O)(=O)c1ccccc1)OC(=O)c1ccccc1)S(=O)(=O)c1ccccc1)c1ccccc1. The molecule has 0 saturated heterocycles. The molecule has 0 aliphatic heterocycles. The van der Waals surface area contributed by atoms with Crippen molar-refractivity contribution >= 4 is 31.6 Å². The lowest BCUT2D eigenvalue weighted by molar-refractivity contribution is 0.0427. The summed E-state index contributed by atoms with van der Waals surface area (Å²) < 4.78 is 64.1. The number of rotatable bonds is 15. The summed E-state index contributed by atoms with van der Waals surface area (Å²) in [5, 5.41) is -1.01. The first kappa shape index (κ1) is 33.4. The van der Waals surface area contributed by atoms with Crippen molar-refractivity contribution in [1.82, 2.24) is 0 Å². The summed E-state index contributed by atoms with van der Waals surface area (Å²) in [6.07, 6.45) is 3.00. The van der Waals surface area contributed by atoms with Gasteiger partial charge in [-0.2, -0.15) is 0 Å². The number of carbonyl (C=O) groups is 2. The standard InChI is InChI=1S/C35H34O8S2/c36-34(28-16-6-1-7-17-28)42-26-33(45(40,41)32-23-13-5-14-24-32)25-15-3-10-20-30(43-35(37)29-18-8-2-9-19-29)27-44(38,39)31-21-11-4-12-22-31/h1-2,4-14,16-24,30,33H,3,15,25-27H2/b20-10+. The largest absolute Gasteiger partial charge is 0.461 e. The van der Waals surface area contributed by atoms with Crippen LogP contribution in [0.3, 0.4) is 0 Å². The summed E-state index contributed by atoms with van der Waals surface area (Å²) in [5.74, 6) is -1.75. The molecule has 4 aromatic rings. The van der Waals surface area contributed by atoms with Crippen LogP contribution in [0, 0.1) is 0 Å². The van der Waals surface area contributed by atoms with E-state index in [1.807, 2.05) is 0 Å². The molecule has 4 aromatic carbocycles. The second kappa shape index (κ2) is 16.0. The van der Waals surface area contributed by atoms with Crippen molar-refractivity contribution in [1.29, 1.82) is 0 Å². The van der Waals surface area contributed by atoms with E-state index < -0.39 is 48.7 Å². The molecule has 2 atom stereocenters. The number of hydrogen-bond donors (Lipinski definition) is 0. The van der Waals surface area contributed by atoms with E-state index >= 15 is 0 Å². The minimum atomic E-state index is -3.83. The summed E-state index contributed by atoms with van der Waals surface area (Å²) in [6.45, 7) is -0.332. The van der Waals surface area contributed by atoms with Crippen molar-refractivity contribution in [2.75, 3.05) is 12.4 Å². The minimum Gasteiger partial charge on any atom is -0.461 e. The third-order valence-corrected chi connectivity index (χ3v) is 10.9. The highest BCUT2D eigenvalue weighted by Gasteiger charge is 2.29. The molecule has 0 spiro atoms. The Bertz CT molecular complexity index is 1770. The van der Waals surface area contributed by atoms with E-state index in [-0.39, 0.29) is 28.4 Å². The zero-order valence-corrected chi connectivity index (χ0v) is 26.1. The molecule has 0 heterocycles. The maximum Gasteiger partial charge on any atom is 0.338 e. The molecule has 0 saturated carbocycles. The first-order valence-corrected chi connectivity index (χ1v) is 17.6. The molecular weight excluding hydrogens is 613 g/mol. The van der Waals surface area contributed by atoms with E-state index in [1.165, 1.54) is 30.3 Å². The molecule has 2 unspecified atom stereocenters. The van der Waals surface area contributed by atoms with Gasteiger partial charge in [0.25, 0.3) is 0 Å². The zero-order chi connectivity index (χ0) is 32.1. The first-order valence-electron chi connectivity index (χ1n) is 14.4. The highest BCUT2D eigenvalue weighted by molar-refractivity contribution is 7.92. The third kappa shape index (κ3) is 9.72. The number of allylic oxidation sites excluding steroid dienone is 1. The van der Waals surface area contributed by atoms with Gasteiger partial charge in [-0.25, -0.2) is 26.4 Å². The molecule has 10 heteroatoms. The van der Waals surface area contributed by atoms with Crippen LogP contribution < -0.4 is 0 Å². The Labute approximate surface area is 264 Å². The fourth-order valence-electron chi connectivity index (χ4n) is 4.52. The molecule has 0 fully saturated rings. The third-order valence-electron chi connectivity index (χ3n) is 6.92. The van der Waals surface area contributed by atoms with Crippen LogP contribution in [0.15, 0.2) is 143 Å². The maximum atomic E-state index is 13.5. The second-order valence-corrected chi connectivity index (χ2v) is 14.5. The maximum absolute atomic E-state index is 13.5. The predicted octanol–water partition coefficient (Wildman–Crippen LogP) is 6.11. The van der Waals surface area contributed by atoms with E-state index in [1.54, 1.807) is 103 Å². The fraction of sp³-hybridized carbons (Fsp3) is 0.200. The molecule has 0 N–H and O–H groups in total. The number of unbranched alkanes of at least 4 members (excludes halogenated alkanes) is 1. The molecule has 0 aliphatic rings. The number of hydrogen-bond acceptors (Lipinski definition) is 8. The van der Waals surface area contributed by atoms with Crippen molar-refractivity contribution in [3.05, 3.63) is 145 Å². The summed E-state index contributed by atoms with van der Waals surface area (Å²) in [6, 6.07) is 32.5. The van der Waals surface area contributed by atoms with Crippen LogP contribution in [0.1, 0.15) is 40.0 Å². The number of sulfone groups is 2. The average Bonchev–Trinajstić information content (AvgIpc) is 3.07. The van der Waals surface area contributed by atoms with Gasteiger partial charge in [0.1, 0.15) is 12.7 Å². The molecule has 0 radical (unpaired) electrons. The molecular formula is C35H34O8S2. The van der Waals surface area contributed by atoms with Crippen LogP contribution in [0.4, 0.5) is 0 Å². The van der Waals surface area contributed by atoms with Crippen LogP contribution in [0.2, 0.25) is 0 Å². The van der Waals surface area contributed by atoms with Gasteiger partial charge < -0.3 is 9.47 Å². The Kier molecular flexibility index (Phi) is 11.8. The van der Waals surface area contributed by atoms with Crippen LogP contribution in [-0.4, -0.2) is 52.5 Å². The topological polar surface area (TPSA) is 121 Å². The summed E-state index contributed by atoms with van der Waals surface area (Å²) >= 11 is 0. The van der Waals surface area contributed by atoms with Gasteiger partial charge in [-0.15, -0.1) is 0 Å². The van der Waals surface area contributed by atoms with Gasteiger partial charge in [0.15, 0.2) is 19.7 Å². The van der Waals surface area contributed by atoms with Gasteiger partial charge >= 0.3 is 11.9 Å². The van der Waals surface area contributed by atoms with E-state index in [4.69, 9.17) is 9.47 Å². The lowest BCUT2D eigenvalue weighted by Crippen LogP contribution is -2.28. The van der Waals surface area contributed by atoms with Crippen molar-refractivity contribution in [3.63, 3.8) is 0 Å². The quantitative estimate of drug-likeness (QED) is 0.0862. The number of benzene rings is 4. The lowest BCUT2D eigenvalue weighted by atomic mass is 10.1. The zero-order valence-electron chi connectivity index (χ0n) is 24.5. The summed E-state index contributed by atoms with van der Waals surface area (Å²) in [4.78, 5) is 25.6. The van der Waals surface area contributed by atoms with Gasteiger partial charge in [-0.3, -0.25) is 0 Å². The molecule has 4 rings (SSSR count). The molecule has 234 valence electrons. The molecule has 45 heavy (non-hydrogen) atoms. The van der Waals surface area contributed by atoms with Crippen LogP contribution in [-0.2, 0) is 29.1 Å². The Morgan fingerprint density at radius 3 is 1.69 bits per heavy atom. The van der Waals surface area contributed by atoms with Crippen LogP contribution in [0.25, 0.3) is 0 Å². The van der Waals surface area contributed by atoms with E-state index in [2.05, 4.69) is 0 Å². The molecule has 0 aromatic heterocycles. The van der Waals surface area contributed by atoms with Crippen LogP contribution in [0.5, 0.6) is 0 Å². The van der Waals surface area contributed by atoms with Gasteiger partial charge in [0.05, 0.1) is 31.9 Å². The minimum absolute atomic E-state index is 0.109. The number of ether oxygens (including phenoxy) is 2. The van der Waals surface area contributed by atoms with Gasteiger partial charge in [0, 0.05) is 0 Å². The lowest BCUT2D eigenvalue weighted by Gasteiger charge is -2.18. The van der Waals surface area contributed by atoms with Gasteiger partial charge in [-0.05, 0) is 73.9 Å². The molecule has 0 bridgehead atoms. The predicted molar refractivity (Wildman–Crippen MR) is 171 cm³/mol. The summed E-state index contributed by atoms with van der Waals surface area (Å²) in [7, 11) is -7.62. The first-order chi connectivity index (χ1) is 21.7. The van der Waals surface area contributed by atoms with Gasteiger partial charge in [-0.1, -0.05) is 78.9 Å². The number of carbonyl (C=O) groups excluding carboxylic acids is 2. The van der Waals surface area contributed by atoms with Crippen molar-refractivity contribution in [2.24, 2.45) is 0 Å². The molecule has 8 nitrogen and oxygen atoms in total. The van der Waals surface area contributed by atoms with E-state index in [9.17, 15) is 26.4 Å². The fourth-order valence-corrected chi connectivity index (χ4v) is 7.54. The second-order valence-electron chi connectivity index (χ2n) is 10.2. The molecule has 0 amide bonds. The monoisotopic (exact) mass is 646 g/mol. The highest BCUT2D eigenvalue weighted by Crippen LogP contribution is 2.22. The smallest absolute Gasteiger partial charge is 0.338 e. The van der Waals surface area contributed by atoms with E-state index in [0.29, 0.717) is 18.4 Å². The van der Waals surface area contributed by atoms with E-state index in [0.717, 1.165) is 0 Å². The summed E-state index contributed by atoms with van der Waals surface area (Å²) in [5.41, 5.74) is 0.602. The highest BCUT2D eigenvalue weighted by atomic mass is 32.2. The van der Waals surface area contributed by atoms with Gasteiger partial charge in [0.2, 0.25) is 0 Å². The van der Waals surface area contributed by atoms with Crippen LogP contribution >= 0.6 is 0 Å². The Morgan fingerprint density at radius 1 is 0.644 bits per heavy atom. The molecule has 0 aliphatic carbocycles. The Hall–Kier alpha value is -4.54. The Balaban J connectivity index is 1.45. The Morgan fingerprint density at radius 2 is 1.13 bits per heavy atom. The van der Waals surface area contributed by atoms with Crippen molar-refractivity contribution < 1.29 is 35.9 Å².